The van der Waals surface area contributed by atoms with Crippen LogP contribution < -0.4 is 0 Å². The summed E-state index contributed by atoms with van der Waals surface area (Å²) in [6.45, 7) is 4.57. The van der Waals surface area contributed by atoms with E-state index in [1.54, 1.807) is 0 Å². The van der Waals surface area contributed by atoms with Gasteiger partial charge in [0.25, 0.3) is 0 Å². The lowest BCUT2D eigenvalue weighted by Crippen LogP contribution is -2.06. The van der Waals surface area contributed by atoms with Crippen LogP contribution in [0, 0.1) is 5.92 Å². The van der Waals surface area contributed by atoms with Crippen LogP contribution in [-0.2, 0) is 16.0 Å². The number of esters is 1. The molecule has 17 heavy (non-hydrogen) atoms. The van der Waals surface area contributed by atoms with Crippen LogP contribution in [0.1, 0.15) is 48.8 Å². The fourth-order valence-corrected chi connectivity index (χ4v) is 3.33. The highest BCUT2D eigenvalue weighted by atomic mass is 32.1. The molecule has 1 aliphatic carbocycles. The fourth-order valence-electron chi connectivity index (χ4n) is 2.10. The predicted octanol–water partition coefficient (Wildman–Crippen LogP) is 3.76. The maximum atomic E-state index is 11.6. The van der Waals surface area contributed by atoms with Gasteiger partial charge < -0.3 is 4.74 Å². The average Bonchev–Trinajstić information content (AvgIpc) is 2.99. The third-order valence-corrected chi connectivity index (χ3v) is 4.48. The first-order chi connectivity index (χ1) is 8.26. The zero-order valence-corrected chi connectivity index (χ0v) is 11.4. The second kappa shape index (κ2) is 5.67. The Kier molecular flexibility index (Phi) is 4.21. The number of hydrogen-bond donors (Lipinski definition) is 0. The van der Waals surface area contributed by atoms with Gasteiger partial charge in [-0.2, -0.15) is 0 Å². The van der Waals surface area contributed by atoms with Gasteiger partial charge in [-0.25, -0.2) is 0 Å². The van der Waals surface area contributed by atoms with Crippen molar-refractivity contribution in [2.45, 2.75) is 45.4 Å². The summed E-state index contributed by atoms with van der Waals surface area (Å²) >= 11 is 1.87. The first kappa shape index (κ1) is 12.6. The number of thiophene rings is 1. The Balaban J connectivity index is 1.88. The molecule has 1 heterocycles. The number of unbranched alkanes of at least 4 members (excludes halogenated alkanes) is 1. The van der Waals surface area contributed by atoms with Crippen molar-refractivity contribution >= 4 is 17.3 Å². The van der Waals surface area contributed by atoms with Crippen molar-refractivity contribution in [1.29, 1.82) is 0 Å². The SMILES string of the molecule is CCCCc1ccc(C2CC2C(=O)OCC)s1. The van der Waals surface area contributed by atoms with Crippen LogP contribution in [-0.4, -0.2) is 12.6 Å². The molecule has 94 valence electrons. The van der Waals surface area contributed by atoms with Crippen molar-refractivity contribution in [1.82, 2.24) is 0 Å². The van der Waals surface area contributed by atoms with Crippen LogP contribution in [0.3, 0.4) is 0 Å². The summed E-state index contributed by atoms with van der Waals surface area (Å²) in [5.41, 5.74) is 0. The van der Waals surface area contributed by atoms with Gasteiger partial charge in [0.15, 0.2) is 0 Å². The van der Waals surface area contributed by atoms with Crippen molar-refractivity contribution in [3.63, 3.8) is 0 Å². The molecule has 3 heteroatoms. The van der Waals surface area contributed by atoms with Crippen LogP contribution in [0.15, 0.2) is 12.1 Å². The minimum Gasteiger partial charge on any atom is -0.466 e. The van der Waals surface area contributed by atoms with Crippen molar-refractivity contribution in [3.8, 4) is 0 Å². The number of hydrogen-bond acceptors (Lipinski definition) is 3. The molecule has 1 aromatic heterocycles. The number of carbonyl (C=O) groups excluding carboxylic acids is 1. The number of rotatable bonds is 6. The van der Waals surface area contributed by atoms with E-state index in [4.69, 9.17) is 4.74 Å². The maximum Gasteiger partial charge on any atom is 0.309 e. The van der Waals surface area contributed by atoms with E-state index in [1.165, 1.54) is 29.0 Å². The molecular weight excluding hydrogens is 232 g/mol. The van der Waals surface area contributed by atoms with Crippen molar-refractivity contribution in [2.75, 3.05) is 6.61 Å². The van der Waals surface area contributed by atoms with E-state index in [0.29, 0.717) is 12.5 Å². The van der Waals surface area contributed by atoms with Crippen molar-refractivity contribution in [2.24, 2.45) is 5.92 Å². The van der Waals surface area contributed by atoms with Gasteiger partial charge in [-0.1, -0.05) is 13.3 Å². The highest BCUT2D eigenvalue weighted by molar-refractivity contribution is 7.12. The lowest BCUT2D eigenvalue weighted by Gasteiger charge is -1.99. The van der Waals surface area contributed by atoms with Gasteiger partial charge >= 0.3 is 5.97 Å². The fraction of sp³-hybridized carbons (Fsp3) is 0.643. The van der Waals surface area contributed by atoms with E-state index < -0.39 is 0 Å². The average molecular weight is 252 g/mol. The molecule has 0 aliphatic heterocycles. The molecule has 1 aliphatic rings. The number of carbonyl (C=O) groups is 1. The minimum absolute atomic E-state index is 0.0130. The molecule has 0 spiro atoms. The van der Waals surface area contributed by atoms with Gasteiger partial charge in [-0.3, -0.25) is 4.79 Å². The Hall–Kier alpha value is -0.830. The summed E-state index contributed by atoms with van der Waals surface area (Å²) in [6.07, 6.45) is 4.65. The lowest BCUT2D eigenvalue weighted by atomic mass is 10.2. The molecule has 2 nitrogen and oxygen atoms in total. The molecule has 0 N–H and O–H groups in total. The molecule has 1 aromatic rings. The standard InChI is InChI=1S/C14H20O2S/c1-3-5-6-10-7-8-13(17-10)11-9-12(11)14(15)16-4-2/h7-8,11-12H,3-6,9H2,1-2H3. The molecule has 0 radical (unpaired) electrons. The van der Waals surface area contributed by atoms with Gasteiger partial charge in [0, 0.05) is 15.7 Å². The first-order valence-corrected chi connectivity index (χ1v) is 7.33. The zero-order valence-electron chi connectivity index (χ0n) is 10.6. The number of aryl methyl sites for hydroxylation is 1. The monoisotopic (exact) mass is 252 g/mol. The van der Waals surface area contributed by atoms with E-state index in [1.807, 2.05) is 18.3 Å². The molecular formula is C14H20O2S. The van der Waals surface area contributed by atoms with Crippen LogP contribution in [0.4, 0.5) is 0 Å². The van der Waals surface area contributed by atoms with E-state index in [2.05, 4.69) is 19.1 Å². The maximum absolute atomic E-state index is 11.6. The second-order valence-electron chi connectivity index (χ2n) is 4.61. The lowest BCUT2D eigenvalue weighted by molar-refractivity contribution is -0.144. The van der Waals surface area contributed by atoms with Crippen LogP contribution in [0.2, 0.25) is 0 Å². The topological polar surface area (TPSA) is 26.3 Å². The molecule has 0 bridgehead atoms. The quantitative estimate of drug-likeness (QED) is 0.721. The highest BCUT2D eigenvalue weighted by Crippen LogP contribution is 2.50. The summed E-state index contributed by atoms with van der Waals surface area (Å²) < 4.78 is 5.05. The van der Waals surface area contributed by atoms with E-state index in [-0.39, 0.29) is 11.9 Å². The van der Waals surface area contributed by atoms with Gasteiger partial charge in [0.2, 0.25) is 0 Å². The third-order valence-electron chi connectivity index (χ3n) is 3.20. The second-order valence-corrected chi connectivity index (χ2v) is 5.81. The van der Waals surface area contributed by atoms with Gasteiger partial charge in [0.05, 0.1) is 12.5 Å². The molecule has 0 aromatic carbocycles. The van der Waals surface area contributed by atoms with E-state index in [0.717, 1.165) is 6.42 Å². The van der Waals surface area contributed by atoms with Gasteiger partial charge in [-0.05, 0) is 38.3 Å². The highest BCUT2D eigenvalue weighted by Gasteiger charge is 2.45. The molecule has 2 atom stereocenters. The Morgan fingerprint density at radius 3 is 3.00 bits per heavy atom. The Morgan fingerprint density at radius 1 is 1.47 bits per heavy atom. The van der Waals surface area contributed by atoms with Crippen LogP contribution >= 0.6 is 11.3 Å². The smallest absolute Gasteiger partial charge is 0.309 e. The van der Waals surface area contributed by atoms with Crippen molar-refractivity contribution < 1.29 is 9.53 Å². The summed E-state index contributed by atoms with van der Waals surface area (Å²) in [5, 5.41) is 0. The number of ether oxygens (including phenoxy) is 1. The largest absolute Gasteiger partial charge is 0.466 e. The van der Waals surface area contributed by atoms with Crippen LogP contribution in [0.25, 0.3) is 0 Å². The van der Waals surface area contributed by atoms with Gasteiger partial charge in [0.1, 0.15) is 0 Å². The minimum atomic E-state index is -0.0130. The molecule has 2 unspecified atom stereocenters. The normalized spacial score (nSPS) is 22.5. The molecule has 1 fully saturated rings. The van der Waals surface area contributed by atoms with E-state index >= 15 is 0 Å². The summed E-state index contributed by atoms with van der Waals surface area (Å²) in [7, 11) is 0. The summed E-state index contributed by atoms with van der Waals surface area (Å²) in [4.78, 5) is 14.4. The molecule has 2 rings (SSSR count). The Labute approximate surface area is 107 Å². The predicted molar refractivity (Wildman–Crippen MR) is 70.4 cm³/mol. The van der Waals surface area contributed by atoms with E-state index in [9.17, 15) is 4.79 Å². The first-order valence-electron chi connectivity index (χ1n) is 6.51. The molecule has 1 saturated carbocycles. The zero-order chi connectivity index (χ0) is 12.3. The Morgan fingerprint density at radius 2 is 2.29 bits per heavy atom. The Bertz CT molecular complexity index is 383. The van der Waals surface area contributed by atoms with Crippen LogP contribution in [0.5, 0.6) is 0 Å². The molecule has 0 saturated heterocycles. The summed E-state index contributed by atoms with van der Waals surface area (Å²) in [6, 6.07) is 4.41. The van der Waals surface area contributed by atoms with Crippen molar-refractivity contribution in [3.05, 3.63) is 21.9 Å². The summed E-state index contributed by atoms with van der Waals surface area (Å²) in [5.74, 6) is 0.558. The molecule has 0 amide bonds. The van der Waals surface area contributed by atoms with Gasteiger partial charge in [-0.15, -0.1) is 11.3 Å². The third kappa shape index (κ3) is 3.09.